The fourth-order valence-electron chi connectivity index (χ4n) is 1.46. The van der Waals surface area contributed by atoms with Gasteiger partial charge in [-0.05, 0) is 24.3 Å². The van der Waals surface area contributed by atoms with Crippen molar-refractivity contribution in [3.8, 4) is 17.3 Å². The molecular formula is C12H6Cl3N3. The summed E-state index contributed by atoms with van der Waals surface area (Å²) in [5.74, 6) is 0. The molecule has 18 heavy (non-hydrogen) atoms. The average molecular weight is 299 g/mol. The third-order valence-electron chi connectivity index (χ3n) is 2.33. The number of halogens is 3. The highest BCUT2D eigenvalue weighted by Crippen LogP contribution is 2.38. The maximum Gasteiger partial charge on any atom is 0.141 e. The molecule has 0 aliphatic heterocycles. The molecule has 0 unspecified atom stereocenters. The number of hydrogen-bond acceptors (Lipinski definition) is 3. The van der Waals surface area contributed by atoms with Crippen LogP contribution in [0.25, 0.3) is 11.3 Å². The molecular weight excluding hydrogens is 293 g/mol. The second-order valence-electron chi connectivity index (χ2n) is 3.47. The lowest BCUT2D eigenvalue weighted by atomic mass is 10.1. The van der Waals surface area contributed by atoms with E-state index in [0.29, 0.717) is 22.0 Å². The van der Waals surface area contributed by atoms with Crippen LogP contribution in [0.4, 0.5) is 5.69 Å². The summed E-state index contributed by atoms with van der Waals surface area (Å²) in [7, 11) is 0. The molecule has 0 saturated carbocycles. The number of nitrogens with zero attached hydrogens (tertiary/aromatic N) is 2. The lowest BCUT2D eigenvalue weighted by molar-refractivity contribution is 1.27. The predicted octanol–water partition coefficient (Wildman–Crippen LogP) is 4.16. The van der Waals surface area contributed by atoms with E-state index in [-0.39, 0.29) is 15.7 Å². The van der Waals surface area contributed by atoms with E-state index in [9.17, 15) is 0 Å². The molecule has 0 bridgehead atoms. The molecule has 0 radical (unpaired) electrons. The van der Waals surface area contributed by atoms with Gasteiger partial charge in [0.1, 0.15) is 11.8 Å². The highest BCUT2D eigenvalue weighted by Gasteiger charge is 2.14. The molecule has 3 nitrogen and oxygen atoms in total. The van der Waals surface area contributed by atoms with Gasteiger partial charge in [0.25, 0.3) is 0 Å². The van der Waals surface area contributed by atoms with Crippen LogP contribution in [-0.4, -0.2) is 4.98 Å². The average Bonchev–Trinajstić information content (AvgIpc) is 2.37. The van der Waals surface area contributed by atoms with Crippen LogP contribution in [0.1, 0.15) is 5.69 Å². The number of benzene rings is 1. The molecule has 0 aliphatic carbocycles. The molecule has 2 aromatic rings. The zero-order valence-electron chi connectivity index (χ0n) is 8.92. The summed E-state index contributed by atoms with van der Waals surface area (Å²) in [6.45, 7) is 0. The van der Waals surface area contributed by atoms with Gasteiger partial charge >= 0.3 is 0 Å². The zero-order valence-corrected chi connectivity index (χ0v) is 11.2. The minimum Gasteiger partial charge on any atom is -0.397 e. The van der Waals surface area contributed by atoms with E-state index in [0.717, 1.165) is 0 Å². The molecule has 0 fully saturated rings. The Hall–Kier alpha value is -1.47. The quantitative estimate of drug-likeness (QED) is 0.804. The van der Waals surface area contributed by atoms with Crippen LogP contribution >= 0.6 is 34.8 Å². The van der Waals surface area contributed by atoms with Crippen LogP contribution in [0.2, 0.25) is 15.1 Å². The van der Waals surface area contributed by atoms with Crippen LogP contribution in [0.3, 0.4) is 0 Å². The number of rotatable bonds is 1. The number of nitrogen functional groups attached to an aromatic ring is 1. The van der Waals surface area contributed by atoms with Crippen LogP contribution in [0.15, 0.2) is 24.3 Å². The van der Waals surface area contributed by atoms with Gasteiger partial charge in [-0.15, -0.1) is 0 Å². The minimum atomic E-state index is 0.236. The van der Waals surface area contributed by atoms with E-state index < -0.39 is 0 Å². The first-order valence-corrected chi connectivity index (χ1v) is 5.98. The molecule has 0 saturated heterocycles. The van der Waals surface area contributed by atoms with E-state index in [2.05, 4.69) is 4.98 Å². The van der Waals surface area contributed by atoms with Crippen molar-refractivity contribution in [2.75, 3.05) is 5.73 Å². The second kappa shape index (κ2) is 5.03. The Morgan fingerprint density at radius 1 is 1.06 bits per heavy atom. The molecule has 2 N–H and O–H groups in total. The van der Waals surface area contributed by atoms with Gasteiger partial charge in [-0.3, -0.25) is 0 Å². The highest BCUT2D eigenvalue weighted by atomic mass is 35.5. The summed E-state index contributed by atoms with van der Waals surface area (Å²) in [6.07, 6.45) is 0. The van der Waals surface area contributed by atoms with Crippen molar-refractivity contribution in [2.24, 2.45) is 0 Å². The normalized spacial score (nSPS) is 10.1. The Bertz CT molecular complexity index is 662. The summed E-state index contributed by atoms with van der Waals surface area (Å²) in [6, 6.07) is 8.34. The van der Waals surface area contributed by atoms with Crippen LogP contribution in [0.5, 0.6) is 0 Å². The standard InChI is InChI=1S/C12H6Cl3N3/c13-8-3-2-7(10(14)11(8)15)12-9(17)4-1-6(5-16)18-12/h1-4H,17H2. The Morgan fingerprint density at radius 3 is 2.44 bits per heavy atom. The van der Waals surface area contributed by atoms with Crippen molar-refractivity contribution in [3.63, 3.8) is 0 Å². The van der Waals surface area contributed by atoms with Gasteiger partial charge in [0.2, 0.25) is 0 Å². The lowest BCUT2D eigenvalue weighted by Crippen LogP contribution is -1.96. The fraction of sp³-hybridized carbons (Fsp3) is 0. The molecule has 1 aromatic heterocycles. The summed E-state index contributed by atoms with van der Waals surface area (Å²) >= 11 is 17.9. The van der Waals surface area contributed by atoms with Crippen LogP contribution in [-0.2, 0) is 0 Å². The van der Waals surface area contributed by atoms with Crippen LogP contribution in [0, 0.1) is 11.3 Å². The van der Waals surface area contributed by atoms with Crippen molar-refractivity contribution in [2.45, 2.75) is 0 Å². The second-order valence-corrected chi connectivity index (χ2v) is 4.63. The van der Waals surface area contributed by atoms with Gasteiger partial charge in [-0.2, -0.15) is 5.26 Å². The fourth-order valence-corrected chi connectivity index (χ4v) is 2.08. The number of anilines is 1. The SMILES string of the molecule is N#Cc1ccc(N)c(-c2ccc(Cl)c(Cl)c2Cl)n1. The molecule has 0 aliphatic rings. The van der Waals surface area contributed by atoms with Crippen molar-refractivity contribution >= 4 is 40.5 Å². The monoisotopic (exact) mass is 297 g/mol. The number of pyridine rings is 1. The Morgan fingerprint density at radius 2 is 1.78 bits per heavy atom. The van der Waals surface area contributed by atoms with E-state index >= 15 is 0 Å². The first kappa shape index (κ1) is 13.0. The smallest absolute Gasteiger partial charge is 0.141 e. The van der Waals surface area contributed by atoms with Crippen molar-refractivity contribution in [3.05, 3.63) is 45.0 Å². The molecule has 0 atom stereocenters. The molecule has 0 amide bonds. The molecule has 90 valence electrons. The molecule has 1 heterocycles. The van der Waals surface area contributed by atoms with E-state index in [4.69, 9.17) is 45.8 Å². The Labute approximate surface area is 119 Å². The topological polar surface area (TPSA) is 62.7 Å². The van der Waals surface area contributed by atoms with E-state index in [1.165, 1.54) is 6.07 Å². The van der Waals surface area contributed by atoms with Crippen molar-refractivity contribution < 1.29 is 0 Å². The van der Waals surface area contributed by atoms with Gasteiger partial charge in [0.15, 0.2) is 0 Å². The Balaban J connectivity index is 2.70. The van der Waals surface area contributed by atoms with Gasteiger partial charge < -0.3 is 5.73 Å². The molecule has 2 rings (SSSR count). The number of nitrogens with two attached hydrogens (primary N) is 1. The van der Waals surface area contributed by atoms with Gasteiger partial charge in [0.05, 0.1) is 26.4 Å². The molecule has 6 heteroatoms. The summed E-state index contributed by atoms with van der Waals surface area (Å²) in [5.41, 5.74) is 7.45. The van der Waals surface area contributed by atoms with Crippen LogP contribution < -0.4 is 5.73 Å². The van der Waals surface area contributed by atoms with Gasteiger partial charge in [-0.1, -0.05) is 34.8 Å². The third kappa shape index (κ3) is 2.23. The minimum absolute atomic E-state index is 0.236. The summed E-state index contributed by atoms with van der Waals surface area (Å²) < 4.78 is 0. The third-order valence-corrected chi connectivity index (χ3v) is 3.62. The van der Waals surface area contributed by atoms with Gasteiger partial charge in [0, 0.05) is 5.56 Å². The number of nitriles is 1. The van der Waals surface area contributed by atoms with Gasteiger partial charge in [-0.25, -0.2) is 4.98 Å². The summed E-state index contributed by atoms with van der Waals surface area (Å²) in [4.78, 5) is 4.12. The molecule has 0 spiro atoms. The molecule has 1 aromatic carbocycles. The maximum absolute atomic E-state index is 8.83. The highest BCUT2D eigenvalue weighted by molar-refractivity contribution is 6.49. The lowest BCUT2D eigenvalue weighted by Gasteiger charge is -2.09. The van der Waals surface area contributed by atoms with E-state index in [1.54, 1.807) is 18.2 Å². The largest absolute Gasteiger partial charge is 0.397 e. The zero-order chi connectivity index (χ0) is 13.3. The van der Waals surface area contributed by atoms with E-state index in [1.807, 2.05) is 6.07 Å². The van der Waals surface area contributed by atoms with Crippen molar-refractivity contribution in [1.29, 1.82) is 5.26 Å². The number of hydrogen-bond donors (Lipinski definition) is 1. The first-order chi connectivity index (χ1) is 8.54. The Kier molecular flexibility index (Phi) is 3.63. The maximum atomic E-state index is 8.83. The number of aromatic nitrogens is 1. The predicted molar refractivity (Wildman–Crippen MR) is 73.8 cm³/mol. The first-order valence-electron chi connectivity index (χ1n) is 4.85. The summed E-state index contributed by atoms with van der Waals surface area (Å²) in [5, 5.41) is 9.68. The van der Waals surface area contributed by atoms with Crippen molar-refractivity contribution in [1.82, 2.24) is 4.98 Å².